The van der Waals surface area contributed by atoms with E-state index in [1.165, 1.54) is 10.7 Å². The first kappa shape index (κ1) is 28.1. The molecule has 3 rings (SSSR count). The molecule has 0 aliphatic carbocycles. The van der Waals surface area contributed by atoms with Crippen molar-refractivity contribution >= 4 is 48.1 Å². The van der Waals surface area contributed by atoms with Crippen molar-refractivity contribution in [2.45, 2.75) is 6.42 Å². The summed E-state index contributed by atoms with van der Waals surface area (Å²) in [6.07, 6.45) is 0.835. The fourth-order valence-electron chi connectivity index (χ4n) is 3.41. The quantitative estimate of drug-likeness (QED) is 0.236. The SMILES string of the molecule is Cl.Cl.NN(CCCN1CCN(c2cccc(Cl)c2)CC1)C(=O)NCCOc1ccccc1. The zero-order valence-electron chi connectivity index (χ0n) is 18.0. The van der Waals surface area contributed by atoms with Crippen molar-refractivity contribution in [1.29, 1.82) is 0 Å². The Morgan fingerprint density at radius 1 is 1.06 bits per heavy atom. The van der Waals surface area contributed by atoms with Crippen molar-refractivity contribution in [3.63, 3.8) is 0 Å². The normalized spacial score (nSPS) is 13.5. The number of piperazine rings is 1. The van der Waals surface area contributed by atoms with E-state index in [0.717, 1.165) is 49.9 Å². The Bertz CT molecular complexity index is 792. The summed E-state index contributed by atoms with van der Waals surface area (Å²) in [5, 5.41) is 4.78. The standard InChI is InChI=1S/C22H30ClN5O2.2ClH/c23-19-6-4-7-20(18-19)27-15-13-26(14-16-27)11-5-12-28(24)22(29)25-10-17-30-21-8-2-1-3-9-21;;/h1-4,6-9,18H,5,10-17,24H2,(H,25,29);2*1H. The zero-order chi connectivity index (χ0) is 21.2. The van der Waals surface area contributed by atoms with Crippen LogP contribution in [0.5, 0.6) is 5.75 Å². The maximum atomic E-state index is 12.1. The van der Waals surface area contributed by atoms with Gasteiger partial charge in [-0.1, -0.05) is 35.9 Å². The molecule has 10 heteroatoms. The molecule has 178 valence electrons. The van der Waals surface area contributed by atoms with Gasteiger partial charge in [-0.15, -0.1) is 24.8 Å². The number of halogens is 3. The molecule has 32 heavy (non-hydrogen) atoms. The number of ether oxygens (including phenoxy) is 1. The highest BCUT2D eigenvalue weighted by atomic mass is 35.5. The number of nitrogens with zero attached hydrogens (tertiary/aromatic N) is 3. The van der Waals surface area contributed by atoms with E-state index in [4.69, 9.17) is 22.2 Å². The average molecular weight is 505 g/mol. The van der Waals surface area contributed by atoms with Gasteiger partial charge in [-0.2, -0.15) is 0 Å². The number of hydrogen-bond acceptors (Lipinski definition) is 5. The lowest BCUT2D eigenvalue weighted by Gasteiger charge is -2.36. The molecule has 1 fully saturated rings. The van der Waals surface area contributed by atoms with E-state index in [1.807, 2.05) is 48.5 Å². The average Bonchev–Trinajstić information content (AvgIpc) is 2.77. The Hall–Kier alpha value is -1.90. The molecule has 1 aliphatic rings. The molecule has 0 radical (unpaired) electrons. The molecule has 0 spiro atoms. The monoisotopic (exact) mass is 503 g/mol. The summed E-state index contributed by atoms with van der Waals surface area (Å²) in [4.78, 5) is 16.8. The Labute approximate surface area is 207 Å². The van der Waals surface area contributed by atoms with E-state index in [2.05, 4.69) is 21.2 Å². The molecule has 2 amide bonds. The van der Waals surface area contributed by atoms with E-state index in [1.54, 1.807) is 0 Å². The molecule has 2 aromatic rings. The van der Waals surface area contributed by atoms with Crippen LogP contribution in [0.25, 0.3) is 0 Å². The highest BCUT2D eigenvalue weighted by Crippen LogP contribution is 2.20. The second-order valence-corrected chi connectivity index (χ2v) is 7.69. The molecule has 1 heterocycles. The van der Waals surface area contributed by atoms with Gasteiger partial charge in [-0.05, 0) is 36.8 Å². The minimum Gasteiger partial charge on any atom is -0.492 e. The number of nitrogens with one attached hydrogen (secondary N) is 1. The molecular weight excluding hydrogens is 473 g/mol. The summed E-state index contributed by atoms with van der Waals surface area (Å²) in [5.41, 5.74) is 1.17. The number of carbonyl (C=O) groups is 1. The van der Waals surface area contributed by atoms with E-state index in [0.29, 0.717) is 19.7 Å². The van der Waals surface area contributed by atoms with E-state index in [9.17, 15) is 4.79 Å². The lowest BCUT2D eigenvalue weighted by molar-refractivity contribution is 0.188. The van der Waals surface area contributed by atoms with Gasteiger partial charge in [0.05, 0.1) is 6.54 Å². The summed E-state index contributed by atoms with van der Waals surface area (Å²) in [5.74, 6) is 6.66. The Morgan fingerprint density at radius 2 is 1.78 bits per heavy atom. The van der Waals surface area contributed by atoms with E-state index >= 15 is 0 Å². The van der Waals surface area contributed by atoms with E-state index < -0.39 is 0 Å². The molecule has 1 aliphatic heterocycles. The van der Waals surface area contributed by atoms with Crippen molar-refractivity contribution in [3.8, 4) is 5.75 Å². The first-order valence-electron chi connectivity index (χ1n) is 10.3. The van der Waals surface area contributed by atoms with Gasteiger partial charge in [0.25, 0.3) is 0 Å². The first-order valence-corrected chi connectivity index (χ1v) is 10.7. The Balaban J connectivity index is 0.00000256. The van der Waals surface area contributed by atoms with Gasteiger partial charge in [0.1, 0.15) is 12.4 Å². The lowest BCUT2D eigenvalue weighted by atomic mass is 10.2. The van der Waals surface area contributed by atoms with Gasteiger partial charge in [0.15, 0.2) is 0 Å². The second-order valence-electron chi connectivity index (χ2n) is 7.25. The fourth-order valence-corrected chi connectivity index (χ4v) is 3.60. The number of carbonyl (C=O) groups excluding carboxylic acids is 1. The Kier molecular flexibility index (Phi) is 13.2. The van der Waals surface area contributed by atoms with Crippen molar-refractivity contribution in [2.24, 2.45) is 5.84 Å². The minimum absolute atomic E-state index is 0. The third kappa shape index (κ3) is 9.30. The summed E-state index contributed by atoms with van der Waals surface area (Å²) < 4.78 is 5.55. The van der Waals surface area contributed by atoms with Crippen LogP contribution in [0.4, 0.5) is 10.5 Å². The van der Waals surface area contributed by atoms with Crippen LogP contribution in [0.2, 0.25) is 5.02 Å². The second kappa shape index (κ2) is 15.0. The van der Waals surface area contributed by atoms with Gasteiger partial charge >= 0.3 is 6.03 Å². The fraction of sp³-hybridized carbons (Fsp3) is 0.409. The van der Waals surface area contributed by atoms with Crippen LogP contribution >= 0.6 is 36.4 Å². The molecule has 0 bridgehead atoms. The Morgan fingerprint density at radius 3 is 2.47 bits per heavy atom. The topological polar surface area (TPSA) is 74.1 Å². The van der Waals surface area contributed by atoms with Gasteiger partial charge in [0, 0.05) is 50.0 Å². The number of amides is 2. The van der Waals surface area contributed by atoms with Gasteiger partial charge in [-0.25, -0.2) is 10.6 Å². The largest absolute Gasteiger partial charge is 0.492 e. The highest BCUT2D eigenvalue weighted by molar-refractivity contribution is 6.30. The minimum atomic E-state index is -0.280. The van der Waals surface area contributed by atoms with Crippen molar-refractivity contribution < 1.29 is 9.53 Å². The maximum absolute atomic E-state index is 12.1. The number of para-hydroxylation sites is 1. The van der Waals surface area contributed by atoms with Crippen molar-refractivity contribution in [2.75, 3.05) is 57.3 Å². The lowest BCUT2D eigenvalue weighted by Crippen LogP contribution is -2.49. The van der Waals surface area contributed by atoms with Crippen LogP contribution in [0.1, 0.15) is 6.42 Å². The molecule has 0 atom stereocenters. The number of hydrazine groups is 1. The third-order valence-electron chi connectivity index (χ3n) is 5.07. The van der Waals surface area contributed by atoms with Crippen molar-refractivity contribution in [1.82, 2.24) is 15.2 Å². The van der Waals surface area contributed by atoms with Crippen LogP contribution in [-0.2, 0) is 0 Å². The number of nitrogens with two attached hydrogens (primary N) is 1. The van der Waals surface area contributed by atoms with Crippen molar-refractivity contribution in [3.05, 3.63) is 59.6 Å². The predicted molar refractivity (Wildman–Crippen MR) is 135 cm³/mol. The van der Waals surface area contributed by atoms with Crippen LogP contribution in [0.15, 0.2) is 54.6 Å². The molecule has 1 saturated heterocycles. The molecule has 2 aromatic carbocycles. The van der Waals surface area contributed by atoms with Crippen LogP contribution in [0, 0.1) is 0 Å². The number of anilines is 1. The van der Waals surface area contributed by atoms with Gasteiger partial charge in [0.2, 0.25) is 0 Å². The van der Waals surface area contributed by atoms with Crippen LogP contribution in [-0.4, -0.2) is 68.4 Å². The summed E-state index contributed by atoms with van der Waals surface area (Å²) in [6, 6.07) is 17.2. The number of urea groups is 1. The highest BCUT2D eigenvalue weighted by Gasteiger charge is 2.17. The predicted octanol–water partition coefficient (Wildman–Crippen LogP) is 3.66. The molecule has 7 nitrogen and oxygen atoms in total. The molecule has 0 saturated carbocycles. The smallest absolute Gasteiger partial charge is 0.331 e. The summed E-state index contributed by atoms with van der Waals surface area (Å²) >= 11 is 6.09. The molecule has 0 unspecified atom stereocenters. The summed E-state index contributed by atoms with van der Waals surface area (Å²) in [6.45, 7) is 6.15. The number of hydrogen-bond donors (Lipinski definition) is 2. The summed E-state index contributed by atoms with van der Waals surface area (Å²) in [7, 11) is 0. The zero-order valence-corrected chi connectivity index (χ0v) is 20.4. The molecule has 3 N–H and O–H groups in total. The van der Waals surface area contributed by atoms with Crippen LogP contribution < -0.4 is 20.8 Å². The van der Waals surface area contributed by atoms with Gasteiger partial charge < -0.3 is 15.0 Å². The van der Waals surface area contributed by atoms with Crippen LogP contribution in [0.3, 0.4) is 0 Å². The van der Waals surface area contributed by atoms with E-state index in [-0.39, 0.29) is 30.8 Å². The first-order chi connectivity index (χ1) is 14.6. The number of rotatable bonds is 9. The molecule has 0 aromatic heterocycles. The van der Waals surface area contributed by atoms with Gasteiger partial charge in [-0.3, -0.25) is 9.91 Å². The third-order valence-corrected chi connectivity index (χ3v) is 5.31. The number of benzene rings is 2. The molecular formula is C22H32Cl3N5O2. The maximum Gasteiger partial charge on any atom is 0.331 e.